The second kappa shape index (κ2) is 5.87. The van der Waals surface area contributed by atoms with Crippen LogP contribution >= 0.6 is 0 Å². The van der Waals surface area contributed by atoms with Gasteiger partial charge < -0.3 is 9.73 Å². The third-order valence-corrected chi connectivity index (χ3v) is 2.93. The molecule has 2 rings (SSSR count). The van der Waals surface area contributed by atoms with E-state index in [0.717, 1.165) is 31.4 Å². The van der Waals surface area contributed by atoms with Crippen LogP contribution in [0.25, 0.3) is 11.1 Å². The number of rotatable bonds is 6. The number of benzene rings is 1. The Morgan fingerprint density at radius 1 is 1.28 bits per heavy atom. The van der Waals surface area contributed by atoms with Gasteiger partial charge in [-0.25, -0.2) is 4.79 Å². The van der Waals surface area contributed by atoms with Crippen molar-refractivity contribution in [1.82, 2.24) is 9.88 Å². The van der Waals surface area contributed by atoms with E-state index in [2.05, 4.69) is 19.2 Å². The van der Waals surface area contributed by atoms with E-state index >= 15 is 0 Å². The molecule has 0 bridgehead atoms. The lowest BCUT2D eigenvalue weighted by Crippen LogP contribution is -2.24. The quantitative estimate of drug-likeness (QED) is 0.798. The Bertz CT molecular complexity index is 554. The molecule has 0 radical (unpaired) electrons. The minimum atomic E-state index is -0.256. The first-order valence-corrected chi connectivity index (χ1v) is 6.50. The Hall–Kier alpha value is -1.55. The average molecular weight is 248 g/mol. The average Bonchev–Trinajstić information content (AvgIpc) is 2.65. The summed E-state index contributed by atoms with van der Waals surface area (Å²) in [6.45, 7) is 5.97. The summed E-state index contributed by atoms with van der Waals surface area (Å²) in [6.07, 6.45) is 2.04. The molecule has 18 heavy (non-hydrogen) atoms. The maximum Gasteiger partial charge on any atom is 0.419 e. The van der Waals surface area contributed by atoms with Crippen molar-refractivity contribution in [2.45, 2.75) is 39.3 Å². The Morgan fingerprint density at radius 2 is 2.06 bits per heavy atom. The molecule has 0 spiro atoms. The van der Waals surface area contributed by atoms with Gasteiger partial charge >= 0.3 is 5.76 Å². The summed E-state index contributed by atoms with van der Waals surface area (Å²) in [6, 6.07) is 8.07. The van der Waals surface area contributed by atoms with Crippen LogP contribution in [0.5, 0.6) is 0 Å². The monoisotopic (exact) mass is 248 g/mol. The number of nitrogens with one attached hydrogen (secondary N) is 1. The van der Waals surface area contributed by atoms with Crippen molar-refractivity contribution >= 4 is 11.1 Å². The summed E-state index contributed by atoms with van der Waals surface area (Å²) in [5.74, 6) is -0.256. The fraction of sp³-hybridized carbons (Fsp3) is 0.500. The van der Waals surface area contributed by atoms with Crippen molar-refractivity contribution < 1.29 is 4.42 Å². The van der Waals surface area contributed by atoms with Gasteiger partial charge in [-0.1, -0.05) is 26.0 Å². The van der Waals surface area contributed by atoms with Gasteiger partial charge in [-0.15, -0.1) is 0 Å². The highest BCUT2D eigenvalue weighted by atomic mass is 16.4. The smallest absolute Gasteiger partial charge is 0.408 e. The molecule has 1 aromatic carbocycles. The normalized spacial score (nSPS) is 11.5. The van der Waals surface area contributed by atoms with Gasteiger partial charge in [-0.05, 0) is 31.5 Å². The molecule has 98 valence electrons. The molecule has 0 aliphatic rings. The van der Waals surface area contributed by atoms with Crippen molar-refractivity contribution in [1.29, 1.82) is 0 Å². The van der Waals surface area contributed by atoms with E-state index in [9.17, 15) is 4.79 Å². The van der Waals surface area contributed by atoms with Crippen LogP contribution in [-0.4, -0.2) is 17.2 Å². The van der Waals surface area contributed by atoms with Gasteiger partial charge in [-0.2, -0.15) is 0 Å². The molecule has 1 heterocycles. The fourth-order valence-corrected chi connectivity index (χ4v) is 2.01. The summed E-state index contributed by atoms with van der Waals surface area (Å²) in [7, 11) is 0. The largest absolute Gasteiger partial charge is 0.419 e. The van der Waals surface area contributed by atoms with E-state index in [4.69, 9.17) is 4.42 Å². The van der Waals surface area contributed by atoms with Crippen LogP contribution in [0, 0.1) is 0 Å². The molecular formula is C14H20N2O2. The van der Waals surface area contributed by atoms with Crippen LogP contribution in [0.3, 0.4) is 0 Å². The van der Waals surface area contributed by atoms with E-state index in [1.165, 1.54) is 0 Å². The van der Waals surface area contributed by atoms with Crippen LogP contribution in [0.2, 0.25) is 0 Å². The lowest BCUT2D eigenvalue weighted by molar-refractivity contribution is 0.482. The molecule has 4 heteroatoms. The number of fused-ring (bicyclic) bond motifs is 1. The minimum Gasteiger partial charge on any atom is -0.408 e. The summed E-state index contributed by atoms with van der Waals surface area (Å²) in [5, 5.41) is 3.37. The molecule has 0 fully saturated rings. The number of aryl methyl sites for hydroxylation is 1. The predicted molar refractivity (Wildman–Crippen MR) is 72.8 cm³/mol. The van der Waals surface area contributed by atoms with E-state index in [-0.39, 0.29) is 5.76 Å². The van der Waals surface area contributed by atoms with Crippen LogP contribution in [0.4, 0.5) is 0 Å². The highest BCUT2D eigenvalue weighted by Crippen LogP contribution is 2.12. The second-order valence-electron chi connectivity index (χ2n) is 4.80. The highest BCUT2D eigenvalue weighted by Gasteiger charge is 2.07. The highest BCUT2D eigenvalue weighted by molar-refractivity contribution is 5.72. The Kier molecular flexibility index (Phi) is 4.20. The molecule has 0 amide bonds. The fourth-order valence-electron chi connectivity index (χ4n) is 2.01. The number of oxazole rings is 1. The van der Waals surface area contributed by atoms with Crippen LogP contribution in [0.15, 0.2) is 33.5 Å². The third kappa shape index (κ3) is 3.01. The molecule has 0 saturated heterocycles. The first-order chi connectivity index (χ1) is 8.68. The maximum atomic E-state index is 11.7. The Morgan fingerprint density at radius 3 is 2.83 bits per heavy atom. The molecule has 2 aromatic rings. The number of unbranched alkanes of at least 4 members (excludes halogenated alkanes) is 1. The molecule has 4 nitrogen and oxygen atoms in total. The maximum absolute atomic E-state index is 11.7. The van der Waals surface area contributed by atoms with Gasteiger partial charge in [0.05, 0.1) is 5.52 Å². The molecule has 0 aliphatic carbocycles. The van der Waals surface area contributed by atoms with Crippen molar-refractivity contribution in [3.8, 4) is 0 Å². The second-order valence-corrected chi connectivity index (χ2v) is 4.80. The number of aromatic nitrogens is 1. The van der Waals surface area contributed by atoms with Crippen molar-refractivity contribution in [2.24, 2.45) is 0 Å². The van der Waals surface area contributed by atoms with Gasteiger partial charge in [-0.3, -0.25) is 4.57 Å². The zero-order valence-corrected chi connectivity index (χ0v) is 11.0. The van der Waals surface area contributed by atoms with Crippen LogP contribution < -0.4 is 11.1 Å². The van der Waals surface area contributed by atoms with E-state index in [1.807, 2.05) is 24.3 Å². The van der Waals surface area contributed by atoms with Crippen LogP contribution in [-0.2, 0) is 6.54 Å². The van der Waals surface area contributed by atoms with Gasteiger partial charge in [0.15, 0.2) is 5.58 Å². The summed E-state index contributed by atoms with van der Waals surface area (Å²) in [4.78, 5) is 11.7. The standard InChI is InChI=1S/C14H20N2O2/c1-11(2)15-9-5-6-10-16-12-7-3-4-8-13(12)18-14(16)17/h3-4,7-8,11,15H,5-6,9-10H2,1-2H3. The zero-order valence-electron chi connectivity index (χ0n) is 11.0. The number of hydrogen-bond acceptors (Lipinski definition) is 3. The van der Waals surface area contributed by atoms with Crippen molar-refractivity contribution in [2.75, 3.05) is 6.54 Å². The van der Waals surface area contributed by atoms with Gasteiger partial charge in [0.25, 0.3) is 0 Å². The zero-order chi connectivity index (χ0) is 13.0. The molecular weight excluding hydrogens is 228 g/mol. The van der Waals surface area contributed by atoms with E-state index in [0.29, 0.717) is 11.6 Å². The van der Waals surface area contributed by atoms with E-state index < -0.39 is 0 Å². The summed E-state index contributed by atoms with van der Waals surface area (Å²) < 4.78 is 6.90. The van der Waals surface area contributed by atoms with Crippen molar-refractivity contribution in [3.63, 3.8) is 0 Å². The molecule has 1 aromatic heterocycles. The Labute approximate surface area is 107 Å². The number of hydrogen-bond donors (Lipinski definition) is 1. The van der Waals surface area contributed by atoms with Gasteiger partial charge in [0.1, 0.15) is 0 Å². The molecule has 0 aliphatic heterocycles. The Balaban J connectivity index is 1.95. The first-order valence-electron chi connectivity index (χ1n) is 6.50. The first kappa shape index (κ1) is 12.9. The lowest BCUT2D eigenvalue weighted by Gasteiger charge is -2.07. The van der Waals surface area contributed by atoms with Crippen molar-refractivity contribution in [3.05, 3.63) is 34.8 Å². The molecule has 0 unspecified atom stereocenters. The van der Waals surface area contributed by atoms with Gasteiger partial charge in [0.2, 0.25) is 0 Å². The molecule has 0 atom stereocenters. The molecule has 0 saturated carbocycles. The van der Waals surface area contributed by atoms with E-state index in [1.54, 1.807) is 4.57 Å². The minimum absolute atomic E-state index is 0.256. The molecule has 1 N–H and O–H groups in total. The topological polar surface area (TPSA) is 47.2 Å². The number of nitrogens with zero attached hydrogens (tertiary/aromatic N) is 1. The predicted octanol–water partition coefficient (Wildman–Crippen LogP) is 2.37. The third-order valence-electron chi connectivity index (χ3n) is 2.93. The lowest BCUT2D eigenvalue weighted by atomic mass is 10.2. The van der Waals surface area contributed by atoms with Gasteiger partial charge in [0, 0.05) is 12.6 Å². The summed E-state index contributed by atoms with van der Waals surface area (Å²) in [5.41, 5.74) is 1.56. The van der Waals surface area contributed by atoms with Crippen LogP contribution in [0.1, 0.15) is 26.7 Å². The summed E-state index contributed by atoms with van der Waals surface area (Å²) >= 11 is 0. The SMILES string of the molecule is CC(C)NCCCCn1c(=O)oc2ccccc21. The number of para-hydroxylation sites is 2.